The lowest BCUT2D eigenvalue weighted by Crippen LogP contribution is -2.48. The Kier molecular flexibility index (Phi) is 10.9. The average Bonchev–Trinajstić information content (AvgIpc) is 2.92. The first-order chi connectivity index (χ1) is 18.7. The molecule has 1 heterocycles. The Balaban J connectivity index is 1.80. The summed E-state index contributed by atoms with van der Waals surface area (Å²) in [6.07, 6.45) is 0.680. The van der Waals surface area contributed by atoms with E-state index in [4.69, 9.17) is 0 Å². The van der Waals surface area contributed by atoms with Gasteiger partial charge in [-0.3, -0.25) is 4.79 Å². The number of nitrogens with zero attached hydrogens (tertiary/aromatic N) is 3. The predicted molar refractivity (Wildman–Crippen MR) is 147 cm³/mol. The van der Waals surface area contributed by atoms with E-state index in [9.17, 15) is 23.9 Å². The fourth-order valence-corrected chi connectivity index (χ4v) is 4.33. The van der Waals surface area contributed by atoms with Gasteiger partial charge in [0.15, 0.2) is 0 Å². The van der Waals surface area contributed by atoms with Crippen LogP contribution in [0, 0.1) is 23.0 Å². The molecule has 0 aliphatic carbocycles. The summed E-state index contributed by atoms with van der Waals surface area (Å²) in [5, 5.41) is 26.5. The number of aliphatic hydroxyl groups is 1. The van der Waals surface area contributed by atoms with Gasteiger partial charge in [0, 0.05) is 38.3 Å². The number of pyridine rings is 1. The summed E-state index contributed by atoms with van der Waals surface area (Å²) in [5.74, 6) is -1.54. The topological polar surface area (TPSA) is 101 Å². The predicted octanol–water partition coefficient (Wildman–Crippen LogP) is 4.13. The van der Waals surface area contributed by atoms with Gasteiger partial charge in [-0.05, 0) is 60.2 Å². The second kappa shape index (κ2) is 14.3. The molecule has 2 aromatic carbocycles. The Labute approximate surface area is 228 Å². The third-order valence-electron chi connectivity index (χ3n) is 6.38. The molecule has 2 atom stereocenters. The minimum Gasteiger partial charge on any atom is -0.390 e. The third kappa shape index (κ3) is 8.84. The smallest absolute Gasteiger partial charge is 0.251 e. The summed E-state index contributed by atoms with van der Waals surface area (Å²) in [7, 11) is 1.82. The third-order valence-corrected chi connectivity index (χ3v) is 6.38. The van der Waals surface area contributed by atoms with Crippen molar-refractivity contribution in [2.45, 2.75) is 51.8 Å². The maximum Gasteiger partial charge on any atom is 0.251 e. The number of halogens is 2. The number of aliphatic hydroxyl groups excluding tert-OH is 1. The van der Waals surface area contributed by atoms with Crippen LogP contribution in [-0.4, -0.2) is 48.3 Å². The average molecular weight is 536 g/mol. The summed E-state index contributed by atoms with van der Waals surface area (Å²) in [6.45, 7) is 5.40. The van der Waals surface area contributed by atoms with Gasteiger partial charge < -0.3 is 20.6 Å². The molecule has 3 N–H and O–H groups in total. The normalized spacial score (nSPS) is 12.4. The lowest BCUT2D eigenvalue weighted by atomic mass is 10.00. The van der Waals surface area contributed by atoms with E-state index in [1.54, 1.807) is 6.07 Å². The number of hydrogen-bond acceptors (Lipinski definition) is 6. The van der Waals surface area contributed by atoms with E-state index < -0.39 is 29.7 Å². The van der Waals surface area contributed by atoms with Crippen LogP contribution >= 0.6 is 0 Å². The number of nitriles is 1. The minimum atomic E-state index is -1.07. The van der Waals surface area contributed by atoms with Gasteiger partial charge in [-0.25, -0.2) is 13.8 Å². The van der Waals surface area contributed by atoms with Crippen LogP contribution in [0.2, 0.25) is 0 Å². The Bertz CT molecular complexity index is 1290. The van der Waals surface area contributed by atoms with E-state index in [1.165, 1.54) is 23.8 Å². The van der Waals surface area contributed by atoms with Crippen LogP contribution in [0.3, 0.4) is 0 Å². The maximum absolute atomic E-state index is 13.9. The molecule has 0 unspecified atom stereocenters. The Morgan fingerprint density at radius 1 is 1.08 bits per heavy atom. The molecule has 39 heavy (non-hydrogen) atoms. The van der Waals surface area contributed by atoms with Crippen molar-refractivity contribution >= 4 is 11.7 Å². The minimum absolute atomic E-state index is 0.00658. The molecule has 0 saturated heterocycles. The summed E-state index contributed by atoms with van der Waals surface area (Å²) in [5.41, 5.74) is 2.83. The lowest BCUT2D eigenvalue weighted by molar-refractivity contribution is 0.0829. The van der Waals surface area contributed by atoms with Gasteiger partial charge in [0.1, 0.15) is 29.2 Å². The number of rotatable bonds is 13. The summed E-state index contributed by atoms with van der Waals surface area (Å²) >= 11 is 0. The number of aryl methyl sites for hydroxylation is 1. The van der Waals surface area contributed by atoms with Gasteiger partial charge in [-0.15, -0.1) is 0 Å². The first-order valence-corrected chi connectivity index (χ1v) is 13.1. The van der Waals surface area contributed by atoms with Crippen molar-refractivity contribution in [3.8, 4) is 6.07 Å². The largest absolute Gasteiger partial charge is 0.390 e. The lowest BCUT2D eigenvalue weighted by Gasteiger charge is -2.25. The molecule has 1 aromatic heterocycles. The Morgan fingerprint density at radius 3 is 2.46 bits per heavy atom. The zero-order valence-corrected chi connectivity index (χ0v) is 22.5. The second-order valence-corrected chi connectivity index (χ2v) is 9.57. The number of benzene rings is 2. The van der Waals surface area contributed by atoms with Gasteiger partial charge in [-0.2, -0.15) is 5.26 Å². The molecule has 0 fully saturated rings. The summed E-state index contributed by atoms with van der Waals surface area (Å²) in [6, 6.07) is 15.3. The van der Waals surface area contributed by atoms with Gasteiger partial charge in [0.05, 0.1) is 12.1 Å². The van der Waals surface area contributed by atoms with Crippen LogP contribution < -0.4 is 15.5 Å². The van der Waals surface area contributed by atoms with Crippen LogP contribution in [0.25, 0.3) is 0 Å². The van der Waals surface area contributed by atoms with Crippen molar-refractivity contribution < 1.29 is 18.7 Å². The number of carbonyl (C=O) groups is 1. The zero-order chi connectivity index (χ0) is 28.4. The van der Waals surface area contributed by atoms with Crippen LogP contribution in [0.1, 0.15) is 53.0 Å². The molecule has 0 aliphatic rings. The highest BCUT2D eigenvalue weighted by Gasteiger charge is 2.24. The van der Waals surface area contributed by atoms with Gasteiger partial charge in [0.2, 0.25) is 0 Å². The maximum atomic E-state index is 13.9. The molecule has 0 saturated carbocycles. The van der Waals surface area contributed by atoms with E-state index in [2.05, 4.69) is 28.6 Å². The molecule has 9 heteroatoms. The molecule has 0 aliphatic heterocycles. The molecule has 3 aromatic rings. The van der Waals surface area contributed by atoms with Crippen molar-refractivity contribution in [3.63, 3.8) is 0 Å². The quantitative estimate of drug-likeness (QED) is 0.304. The second-order valence-electron chi connectivity index (χ2n) is 9.57. The summed E-state index contributed by atoms with van der Waals surface area (Å²) < 4.78 is 27.8. The van der Waals surface area contributed by atoms with Gasteiger partial charge >= 0.3 is 0 Å². The standard InChI is InChI=1S/C30H35F2N5O2/c1-4-9-37(3)29-15-23(14-26(17-33)35-29)30(39)36-27(13-22-11-24(31)16-25(32)12-22)28(38)19-34-18-21-8-6-7-20(5-2)10-21/h6-8,10-12,14-16,27-28,34,38H,4-5,9,13,18-19H2,1-3H3,(H,36,39)/t27-,28-/m0/s1. The van der Waals surface area contributed by atoms with Crippen LogP contribution in [0.15, 0.2) is 54.6 Å². The van der Waals surface area contributed by atoms with Gasteiger partial charge in [-0.1, -0.05) is 38.1 Å². The molecule has 0 spiro atoms. The van der Waals surface area contributed by atoms with Crippen molar-refractivity contribution in [3.05, 3.63) is 94.2 Å². The van der Waals surface area contributed by atoms with Crippen molar-refractivity contribution in [2.24, 2.45) is 0 Å². The number of aromatic nitrogens is 1. The molecular formula is C30H35F2N5O2. The summed E-state index contributed by atoms with van der Waals surface area (Å²) in [4.78, 5) is 19.4. The zero-order valence-electron chi connectivity index (χ0n) is 22.5. The number of hydrogen-bond donors (Lipinski definition) is 3. The fourth-order valence-electron chi connectivity index (χ4n) is 4.33. The van der Waals surface area contributed by atoms with E-state index >= 15 is 0 Å². The van der Waals surface area contributed by atoms with Crippen molar-refractivity contribution in [2.75, 3.05) is 25.0 Å². The highest BCUT2D eigenvalue weighted by Crippen LogP contribution is 2.17. The van der Waals surface area contributed by atoms with E-state index in [0.717, 1.165) is 24.5 Å². The van der Waals surface area contributed by atoms with Gasteiger partial charge in [0.25, 0.3) is 5.91 Å². The number of carbonyl (C=O) groups excluding carboxylic acids is 1. The molecule has 0 radical (unpaired) electrons. The van der Waals surface area contributed by atoms with Crippen LogP contribution in [-0.2, 0) is 19.4 Å². The number of anilines is 1. The Morgan fingerprint density at radius 2 is 1.79 bits per heavy atom. The fraction of sp³-hybridized carbons (Fsp3) is 0.367. The molecular weight excluding hydrogens is 500 g/mol. The van der Waals surface area contributed by atoms with E-state index in [0.29, 0.717) is 24.5 Å². The number of amides is 1. The number of nitrogens with one attached hydrogen (secondary N) is 2. The molecule has 1 amide bonds. The molecule has 3 rings (SSSR count). The van der Waals surface area contributed by atoms with Crippen LogP contribution in [0.5, 0.6) is 0 Å². The van der Waals surface area contributed by atoms with Crippen LogP contribution in [0.4, 0.5) is 14.6 Å². The van der Waals surface area contributed by atoms with Crippen molar-refractivity contribution in [1.82, 2.24) is 15.6 Å². The first-order valence-electron chi connectivity index (χ1n) is 13.1. The van der Waals surface area contributed by atoms with E-state index in [-0.39, 0.29) is 24.2 Å². The first kappa shape index (κ1) is 29.7. The molecule has 206 valence electrons. The molecule has 0 bridgehead atoms. The highest BCUT2D eigenvalue weighted by molar-refractivity contribution is 5.95. The molecule has 7 nitrogen and oxygen atoms in total. The Hall–Kier alpha value is -3.87. The van der Waals surface area contributed by atoms with Crippen molar-refractivity contribution in [1.29, 1.82) is 5.26 Å². The monoisotopic (exact) mass is 535 g/mol. The highest BCUT2D eigenvalue weighted by atomic mass is 19.1. The SMILES string of the molecule is CCCN(C)c1cc(C(=O)N[C@@H](Cc2cc(F)cc(F)c2)[C@@H](O)CNCc2cccc(CC)c2)cc(C#N)n1. The van der Waals surface area contributed by atoms with E-state index in [1.807, 2.05) is 43.1 Å².